The summed E-state index contributed by atoms with van der Waals surface area (Å²) in [7, 11) is 0. The SMILES string of the molecule is CCCCCCCCC(CC)OP(=O)(O)Cl. The van der Waals surface area contributed by atoms with Crippen molar-refractivity contribution in [3.05, 3.63) is 0 Å². The van der Waals surface area contributed by atoms with Crippen molar-refractivity contribution in [3.63, 3.8) is 0 Å². The summed E-state index contributed by atoms with van der Waals surface area (Å²) >= 11 is 5.18. The van der Waals surface area contributed by atoms with E-state index in [9.17, 15) is 4.57 Å². The van der Waals surface area contributed by atoms with E-state index >= 15 is 0 Å². The van der Waals surface area contributed by atoms with Gasteiger partial charge in [0.05, 0.1) is 6.10 Å². The monoisotopic (exact) mass is 270 g/mol. The molecule has 16 heavy (non-hydrogen) atoms. The Morgan fingerprint density at radius 3 is 2.25 bits per heavy atom. The summed E-state index contributed by atoms with van der Waals surface area (Å²) in [5.41, 5.74) is 0. The molecule has 0 saturated carbocycles. The summed E-state index contributed by atoms with van der Waals surface area (Å²) in [6.07, 6.45) is 8.63. The lowest BCUT2D eigenvalue weighted by Crippen LogP contribution is -2.08. The van der Waals surface area contributed by atoms with E-state index in [1.165, 1.54) is 25.7 Å². The minimum absolute atomic E-state index is 0.181. The van der Waals surface area contributed by atoms with Crippen LogP contribution in [0.2, 0.25) is 0 Å². The van der Waals surface area contributed by atoms with E-state index in [0.29, 0.717) is 0 Å². The molecule has 2 atom stereocenters. The van der Waals surface area contributed by atoms with Crippen molar-refractivity contribution in [3.8, 4) is 0 Å². The highest BCUT2D eigenvalue weighted by molar-refractivity contribution is 7.80. The molecule has 0 amide bonds. The third-order valence-corrected chi connectivity index (χ3v) is 3.41. The lowest BCUT2D eigenvalue weighted by molar-refractivity contribution is 0.166. The Kier molecular flexibility index (Phi) is 9.73. The molecule has 0 aliphatic heterocycles. The van der Waals surface area contributed by atoms with Gasteiger partial charge in [0.1, 0.15) is 0 Å². The largest absolute Gasteiger partial charge is 0.421 e. The first-order valence-corrected chi connectivity index (χ1v) is 8.68. The van der Waals surface area contributed by atoms with E-state index in [2.05, 4.69) is 6.92 Å². The maximum Gasteiger partial charge on any atom is 0.421 e. The zero-order chi connectivity index (χ0) is 12.4. The molecule has 0 rings (SSSR count). The predicted molar refractivity (Wildman–Crippen MR) is 68.8 cm³/mol. The quantitative estimate of drug-likeness (QED) is 0.455. The van der Waals surface area contributed by atoms with Crippen LogP contribution in [0.4, 0.5) is 0 Å². The fourth-order valence-corrected chi connectivity index (χ4v) is 2.63. The molecule has 0 aromatic rings. The molecule has 0 aliphatic rings. The van der Waals surface area contributed by atoms with Crippen molar-refractivity contribution < 1.29 is 14.0 Å². The van der Waals surface area contributed by atoms with Crippen LogP contribution in [-0.4, -0.2) is 11.0 Å². The first-order valence-electron chi connectivity index (χ1n) is 6.20. The van der Waals surface area contributed by atoms with Crippen molar-refractivity contribution in [1.29, 1.82) is 0 Å². The smallest absolute Gasteiger partial charge is 0.313 e. The Morgan fingerprint density at radius 1 is 1.19 bits per heavy atom. The van der Waals surface area contributed by atoms with Gasteiger partial charge in [-0.25, -0.2) is 4.57 Å². The second-order valence-electron chi connectivity index (χ2n) is 4.14. The van der Waals surface area contributed by atoms with E-state index in [1.54, 1.807) is 0 Å². The topological polar surface area (TPSA) is 46.5 Å². The molecule has 0 heterocycles. The van der Waals surface area contributed by atoms with Crippen LogP contribution in [0.3, 0.4) is 0 Å². The zero-order valence-corrected chi connectivity index (χ0v) is 12.0. The highest BCUT2D eigenvalue weighted by Crippen LogP contribution is 2.49. The molecular formula is C11H24ClO3P. The number of rotatable bonds is 10. The number of hydrogen-bond donors (Lipinski definition) is 1. The third kappa shape index (κ3) is 10.9. The fraction of sp³-hybridized carbons (Fsp3) is 1.00. The van der Waals surface area contributed by atoms with Crippen molar-refractivity contribution in [1.82, 2.24) is 0 Å². The van der Waals surface area contributed by atoms with Crippen LogP contribution in [0.15, 0.2) is 0 Å². The molecule has 98 valence electrons. The van der Waals surface area contributed by atoms with Gasteiger partial charge in [-0.1, -0.05) is 52.4 Å². The Bertz CT molecular complexity index is 205. The maximum atomic E-state index is 10.9. The van der Waals surface area contributed by atoms with Gasteiger partial charge in [-0.05, 0) is 12.8 Å². The molecule has 5 heteroatoms. The van der Waals surface area contributed by atoms with Crippen LogP contribution < -0.4 is 0 Å². The van der Waals surface area contributed by atoms with Gasteiger partial charge in [-0.15, -0.1) is 0 Å². The standard InChI is InChI=1S/C11H24ClO3P/c1-3-5-6-7-8-9-10-11(4-2)15-16(12,13)14/h11H,3-10H2,1-2H3,(H,13,14). The van der Waals surface area contributed by atoms with Gasteiger partial charge in [0.25, 0.3) is 0 Å². The molecule has 1 N–H and O–H groups in total. The average Bonchev–Trinajstić information content (AvgIpc) is 2.19. The van der Waals surface area contributed by atoms with Crippen molar-refractivity contribution in [2.24, 2.45) is 0 Å². The van der Waals surface area contributed by atoms with Crippen molar-refractivity contribution in [2.45, 2.75) is 71.3 Å². The highest BCUT2D eigenvalue weighted by Gasteiger charge is 2.20. The number of unbranched alkanes of at least 4 members (excludes halogenated alkanes) is 5. The van der Waals surface area contributed by atoms with Gasteiger partial charge in [0.2, 0.25) is 0 Å². The second-order valence-corrected chi connectivity index (χ2v) is 6.54. The molecule has 0 bridgehead atoms. The minimum Gasteiger partial charge on any atom is -0.313 e. The Morgan fingerprint density at radius 2 is 1.75 bits per heavy atom. The normalized spacial score (nSPS) is 17.0. The number of hydrogen-bond acceptors (Lipinski definition) is 2. The van der Waals surface area contributed by atoms with E-state index < -0.39 is 6.95 Å². The van der Waals surface area contributed by atoms with Crippen LogP contribution in [0, 0.1) is 0 Å². The number of halogens is 1. The van der Waals surface area contributed by atoms with Crippen LogP contribution in [0.1, 0.15) is 65.2 Å². The van der Waals surface area contributed by atoms with Crippen molar-refractivity contribution >= 4 is 18.2 Å². The molecule has 0 fully saturated rings. The Hall–Kier alpha value is 0.440. The van der Waals surface area contributed by atoms with E-state index in [1.807, 2.05) is 6.92 Å². The van der Waals surface area contributed by atoms with Gasteiger partial charge in [-0.2, -0.15) is 0 Å². The van der Waals surface area contributed by atoms with Crippen LogP contribution in [-0.2, 0) is 9.09 Å². The van der Waals surface area contributed by atoms with Crippen LogP contribution >= 0.6 is 18.2 Å². The summed E-state index contributed by atoms with van der Waals surface area (Å²) in [5, 5.41) is 0. The van der Waals surface area contributed by atoms with E-state index in [4.69, 9.17) is 20.7 Å². The molecule has 3 nitrogen and oxygen atoms in total. The average molecular weight is 271 g/mol. The molecule has 0 aromatic carbocycles. The molecular weight excluding hydrogens is 247 g/mol. The molecule has 0 aromatic heterocycles. The molecule has 0 saturated heterocycles. The molecule has 2 unspecified atom stereocenters. The second kappa shape index (κ2) is 9.47. The fourth-order valence-electron chi connectivity index (χ4n) is 1.67. The van der Waals surface area contributed by atoms with Gasteiger partial charge in [0.15, 0.2) is 0 Å². The molecule has 0 radical (unpaired) electrons. The van der Waals surface area contributed by atoms with Crippen molar-refractivity contribution in [2.75, 3.05) is 0 Å². The van der Waals surface area contributed by atoms with Gasteiger partial charge >= 0.3 is 6.95 Å². The first kappa shape index (κ1) is 16.4. The van der Waals surface area contributed by atoms with Crippen LogP contribution in [0.25, 0.3) is 0 Å². The first-order chi connectivity index (χ1) is 7.49. The highest BCUT2D eigenvalue weighted by atomic mass is 35.7. The summed E-state index contributed by atoms with van der Waals surface area (Å²) in [4.78, 5) is 8.89. The lowest BCUT2D eigenvalue weighted by atomic mass is 10.1. The minimum atomic E-state index is -3.83. The van der Waals surface area contributed by atoms with E-state index in [0.717, 1.165) is 25.7 Å². The summed E-state index contributed by atoms with van der Waals surface area (Å²) in [6.45, 7) is 0.301. The molecule has 0 spiro atoms. The zero-order valence-electron chi connectivity index (χ0n) is 10.3. The summed E-state index contributed by atoms with van der Waals surface area (Å²) in [6, 6.07) is 0. The molecule has 0 aliphatic carbocycles. The maximum absolute atomic E-state index is 10.9. The lowest BCUT2D eigenvalue weighted by Gasteiger charge is -2.16. The van der Waals surface area contributed by atoms with Gasteiger partial charge < -0.3 is 4.89 Å². The third-order valence-electron chi connectivity index (χ3n) is 2.61. The Balaban J connectivity index is 3.52. The summed E-state index contributed by atoms with van der Waals surface area (Å²) in [5.74, 6) is 0. The Labute approximate surface area is 104 Å². The predicted octanol–water partition coefficient (Wildman–Crippen LogP) is 4.87. The van der Waals surface area contributed by atoms with Gasteiger partial charge in [0, 0.05) is 11.2 Å². The van der Waals surface area contributed by atoms with Crippen LogP contribution in [0.5, 0.6) is 0 Å². The summed E-state index contributed by atoms with van der Waals surface area (Å²) < 4.78 is 15.7. The van der Waals surface area contributed by atoms with Gasteiger partial charge in [-0.3, -0.25) is 4.52 Å². The van der Waals surface area contributed by atoms with E-state index in [-0.39, 0.29) is 6.10 Å².